The third-order valence-electron chi connectivity index (χ3n) is 0.979. The third kappa shape index (κ3) is 24.9. The molecule has 0 rings (SSSR count). The van der Waals surface area contributed by atoms with Gasteiger partial charge < -0.3 is 0 Å². The summed E-state index contributed by atoms with van der Waals surface area (Å²) in [5.74, 6) is 0. The predicted molar refractivity (Wildman–Crippen MR) is 50.6 cm³/mol. The molecule has 0 aliphatic rings. The van der Waals surface area contributed by atoms with E-state index in [0.717, 1.165) is 12.8 Å². The van der Waals surface area contributed by atoms with Crippen LogP contribution in [0.3, 0.4) is 0 Å². The summed E-state index contributed by atoms with van der Waals surface area (Å²) in [6.07, 6.45) is 2.19. The van der Waals surface area contributed by atoms with Gasteiger partial charge in [0.1, 0.15) is 0 Å². The van der Waals surface area contributed by atoms with Crippen LogP contribution in [-0.2, 0) is 16.5 Å². The first kappa shape index (κ1) is 14.3. The Kier molecular flexibility index (Phi) is 14.0. The van der Waals surface area contributed by atoms with Crippen LogP contribution in [0.5, 0.6) is 0 Å². The van der Waals surface area contributed by atoms with Crippen molar-refractivity contribution >= 4 is 18.8 Å². The Morgan fingerprint density at radius 3 is 1.36 bits per heavy atom. The molecule has 0 aromatic rings. The van der Waals surface area contributed by atoms with Crippen molar-refractivity contribution in [3.63, 3.8) is 0 Å². The fourth-order valence-electron chi connectivity index (χ4n) is 0.427. The fourth-order valence-corrected chi connectivity index (χ4v) is 0.427. The zero-order chi connectivity index (χ0) is 9.28. The summed E-state index contributed by atoms with van der Waals surface area (Å²) in [5.41, 5.74) is 2.49. The van der Waals surface area contributed by atoms with Gasteiger partial charge in [-0.25, -0.2) is 0 Å². The molecule has 0 heterocycles. The van der Waals surface area contributed by atoms with Gasteiger partial charge in [0.15, 0.2) is 0 Å². The molecule has 0 fully saturated rings. The van der Waals surface area contributed by atoms with Crippen molar-refractivity contribution in [1.29, 1.82) is 0 Å². The van der Waals surface area contributed by atoms with Crippen LogP contribution in [0, 0.1) is 0 Å². The molecule has 0 bridgehead atoms. The Bertz CT molecular complexity index is 107. The SMILES string of the molecule is C=C(C)CCC(=C)C.[Cl][Pt][Cl]. The van der Waals surface area contributed by atoms with Crippen LogP contribution < -0.4 is 0 Å². The molecule has 0 aromatic carbocycles. The Balaban J connectivity index is 0. The van der Waals surface area contributed by atoms with Crippen molar-refractivity contribution in [1.82, 2.24) is 0 Å². The summed E-state index contributed by atoms with van der Waals surface area (Å²) < 4.78 is 0. The predicted octanol–water partition coefficient (Wildman–Crippen LogP) is 4.30. The van der Waals surface area contributed by atoms with Crippen molar-refractivity contribution in [2.24, 2.45) is 0 Å². The van der Waals surface area contributed by atoms with Crippen LogP contribution in [0.4, 0.5) is 0 Å². The molecule has 0 saturated heterocycles. The minimum atomic E-state index is -0.472. The minimum absolute atomic E-state index is 0.472. The average molecular weight is 376 g/mol. The van der Waals surface area contributed by atoms with Crippen LogP contribution in [0.2, 0.25) is 0 Å². The van der Waals surface area contributed by atoms with Gasteiger partial charge in [0.2, 0.25) is 0 Å². The van der Waals surface area contributed by atoms with Crippen LogP contribution >= 0.6 is 18.8 Å². The molecule has 0 radical (unpaired) electrons. The summed E-state index contributed by atoms with van der Waals surface area (Å²) in [5, 5.41) is 0. The molecule has 0 aromatic heterocycles. The number of halogens is 2. The second kappa shape index (κ2) is 10.7. The molecule has 0 spiro atoms. The summed E-state index contributed by atoms with van der Waals surface area (Å²) in [4.78, 5) is 0. The van der Waals surface area contributed by atoms with E-state index in [1.165, 1.54) is 11.1 Å². The molecule has 0 nitrogen and oxygen atoms in total. The topological polar surface area (TPSA) is 0 Å². The molecule has 0 atom stereocenters. The van der Waals surface area contributed by atoms with Gasteiger partial charge in [-0.3, -0.25) is 0 Å². The molecule has 0 saturated carbocycles. The number of rotatable bonds is 3. The quantitative estimate of drug-likeness (QED) is 0.645. The van der Waals surface area contributed by atoms with Crippen LogP contribution in [0.1, 0.15) is 26.7 Å². The molecule has 0 aliphatic carbocycles. The first-order chi connectivity index (χ1) is 5.04. The monoisotopic (exact) mass is 375 g/mol. The molecule has 0 unspecified atom stereocenters. The average Bonchev–Trinajstić information content (AvgIpc) is 1.85. The van der Waals surface area contributed by atoms with Gasteiger partial charge in [-0.15, -0.1) is 13.2 Å². The third-order valence-corrected chi connectivity index (χ3v) is 0.979. The van der Waals surface area contributed by atoms with E-state index >= 15 is 0 Å². The molecule has 0 amide bonds. The normalized spacial score (nSPS) is 8.36. The molecule has 70 valence electrons. The summed E-state index contributed by atoms with van der Waals surface area (Å²) in [7, 11) is 9.75. The van der Waals surface area contributed by atoms with Crippen molar-refractivity contribution in [3.05, 3.63) is 24.3 Å². The van der Waals surface area contributed by atoms with Gasteiger partial charge in [0, 0.05) is 0 Å². The summed E-state index contributed by atoms with van der Waals surface area (Å²) in [6.45, 7) is 11.7. The van der Waals surface area contributed by atoms with E-state index in [-0.39, 0.29) is 0 Å². The Labute approximate surface area is 86.0 Å². The number of allylic oxidation sites excluding steroid dienone is 2. The number of hydrogen-bond donors (Lipinski definition) is 0. The van der Waals surface area contributed by atoms with E-state index in [0.29, 0.717) is 0 Å². The van der Waals surface area contributed by atoms with Gasteiger partial charge in [0.25, 0.3) is 0 Å². The first-order valence-corrected chi connectivity index (χ1v) is 8.78. The van der Waals surface area contributed by atoms with Gasteiger partial charge in [-0.05, 0) is 26.7 Å². The standard InChI is InChI=1S/C8H14.2ClH.Pt/c1-7(2)5-6-8(3)4;;;/h1,3,5-6H2,2,4H3;2*1H;/q;;;+2/p-2. The fraction of sp³-hybridized carbons (Fsp3) is 0.500. The van der Waals surface area contributed by atoms with E-state index in [2.05, 4.69) is 13.2 Å². The summed E-state index contributed by atoms with van der Waals surface area (Å²) in [6, 6.07) is 0. The maximum absolute atomic E-state index is 4.88. The van der Waals surface area contributed by atoms with Crippen molar-refractivity contribution in [3.8, 4) is 0 Å². The second-order valence-corrected chi connectivity index (χ2v) is 5.74. The zero-order valence-electron chi connectivity index (χ0n) is 6.90. The van der Waals surface area contributed by atoms with Gasteiger partial charge in [0.05, 0.1) is 0 Å². The molecule has 11 heavy (non-hydrogen) atoms. The maximum atomic E-state index is 4.88. The Morgan fingerprint density at radius 1 is 1.09 bits per heavy atom. The Morgan fingerprint density at radius 2 is 1.27 bits per heavy atom. The first-order valence-electron chi connectivity index (χ1n) is 3.15. The molecule has 0 N–H and O–H groups in total. The van der Waals surface area contributed by atoms with Crippen LogP contribution in [0.25, 0.3) is 0 Å². The Hall–Kier alpha value is 0.748. The van der Waals surface area contributed by atoms with Gasteiger partial charge in [-0.2, -0.15) is 0 Å². The van der Waals surface area contributed by atoms with Crippen LogP contribution in [0.15, 0.2) is 24.3 Å². The summed E-state index contributed by atoms with van der Waals surface area (Å²) >= 11 is -0.472. The zero-order valence-corrected chi connectivity index (χ0v) is 10.7. The molecule has 0 aliphatic heterocycles. The van der Waals surface area contributed by atoms with E-state index in [1.807, 2.05) is 13.8 Å². The van der Waals surface area contributed by atoms with E-state index in [9.17, 15) is 0 Å². The molecular formula is C8H14Cl2Pt. The van der Waals surface area contributed by atoms with Gasteiger partial charge in [-0.1, -0.05) is 11.1 Å². The van der Waals surface area contributed by atoms with Crippen molar-refractivity contribution in [2.45, 2.75) is 26.7 Å². The van der Waals surface area contributed by atoms with Gasteiger partial charge >= 0.3 is 35.3 Å². The number of hydrogen-bond acceptors (Lipinski definition) is 0. The van der Waals surface area contributed by atoms with E-state index in [4.69, 9.17) is 18.8 Å². The second-order valence-electron chi connectivity index (χ2n) is 2.46. The molecule has 3 heteroatoms. The molecular weight excluding hydrogens is 362 g/mol. The van der Waals surface area contributed by atoms with Crippen molar-refractivity contribution < 1.29 is 16.5 Å². The van der Waals surface area contributed by atoms with Crippen molar-refractivity contribution in [2.75, 3.05) is 0 Å². The van der Waals surface area contributed by atoms with E-state index < -0.39 is 16.5 Å². The van der Waals surface area contributed by atoms with Crippen LogP contribution in [-0.4, -0.2) is 0 Å². The van der Waals surface area contributed by atoms with E-state index in [1.54, 1.807) is 0 Å².